The van der Waals surface area contributed by atoms with Crippen LogP contribution in [0.3, 0.4) is 0 Å². The molecule has 0 bridgehead atoms. The fraction of sp³-hybridized carbons (Fsp3) is 0.231. The van der Waals surface area contributed by atoms with Gasteiger partial charge in [-0.2, -0.15) is 5.10 Å². The number of nitrogens with one attached hydrogen (secondary N) is 1. The average molecular weight is 467 g/mol. The highest BCUT2D eigenvalue weighted by Crippen LogP contribution is 2.33. The molecule has 0 saturated carbocycles. The summed E-state index contributed by atoms with van der Waals surface area (Å²) >= 11 is 6.30. The molecule has 0 spiro atoms. The van der Waals surface area contributed by atoms with E-state index < -0.39 is 5.91 Å². The van der Waals surface area contributed by atoms with Gasteiger partial charge >= 0.3 is 0 Å². The summed E-state index contributed by atoms with van der Waals surface area (Å²) in [4.78, 5) is 12.2. The van der Waals surface area contributed by atoms with E-state index in [1.807, 2.05) is 37.3 Å². The maximum Gasteiger partial charge on any atom is 0.275 e. The van der Waals surface area contributed by atoms with Crippen LogP contribution in [-0.2, 0) is 6.61 Å². The topological polar surface area (TPSA) is 80.2 Å². The van der Waals surface area contributed by atoms with E-state index in [9.17, 15) is 9.90 Å². The third-order valence-corrected chi connectivity index (χ3v) is 5.54. The number of carbonyl (C=O) groups is 1. The van der Waals surface area contributed by atoms with Crippen molar-refractivity contribution in [2.45, 2.75) is 33.3 Å². The van der Waals surface area contributed by atoms with E-state index >= 15 is 0 Å². The quantitative estimate of drug-likeness (QED) is 0.323. The number of rotatable bonds is 8. The minimum Gasteiger partial charge on any atom is -0.507 e. The van der Waals surface area contributed by atoms with E-state index in [0.29, 0.717) is 10.8 Å². The van der Waals surface area contributed by atoms with Crippen molar-refractivity contribution in [3.63, 3.8) is 0 Å². The van der Waals surface area contributed by atoms with Crippen LogP contribution in [0.1, 0.15) is 52.4 Å². The van der Waals surface area contributed by atoms with Gasteiger partial charge in [0, 0.05) is 10.6 Å². The third-order valence-electron chi connectivity index (χ3n) is 5.13. The number of halogens is 1. The summed E-state index contributed by atoms with van der Waals surface area (Å²) in [6.45, 7) is 6.42. The molecule has 0 aliphatic carbocycles. The number of aromatic hydroxyl groups is 1. The summed E-state index contributed by atoms with van der Waals surface area (Å²) in [5.74, 6) is 1.12. The molecule has 0 aliphatic heterocycles. The van der Waals surface area contributed by atoms with E-state index in [0.717, 1.165) is 28.0 Å². The van der Waals surface area contributed by atoms with Gasteiger partial charge in [0.1, 0.15) is 23.9 Å². The number of hydrazone groups is 1. The Morgan fingerprint density at radius 1 is 1.15 bits per heavy atom. The normalized spacial score (nSPS) is 11.1. The molecule has 0 unspecified atom stereocenters. The third kappa shape index (κ3) is 6.05. The second-order valence-corrected chi connectivity index (χ2v) is 8.28. The molecule has 7 heteroatoms. The molecule has 6 nitrogen and oxygen atoms in total. The number of ether oxygens (including phenoxy) is 2. The molecular weight excluding hydrogens is 440 g/mol. The summed E-state index contributed by atoms with van der Waals surface area (Å²) in [6, 6.07) is 15.7. The lowest BCUT2D eigenvalue weighted by Gasteiger charge is -2.17. The van der Waals surface area contributed by atoms with Crippen LogP contribution in [0.4, 0.5) is 0 Å². The number of hydrogen-bond acceptors (Lipinski definition) is 5. The number of para-hydroxylation sites is 1. The van der Waals surface area contributed by atoms with Gasteiger partial charge in [0.2, 0.25) is 0 Å². The highest BCUT2D eigenvalue weighted by atomic mass is 35.5. The second-order valence-electron chi connectivity index (χ2n) is 7.87. The number of benzene rings is 3. The number of aryl methyl sites for hydroxylation is 1. The highest BCUT2D eigenvalue weighted by molar-refractivity contribution is 6.31. The van der Waals surface area contributed by atoms with Gasteiger partial charge in [-0.25, -0.2) is 5.43 Å². The fourth-order valence-corrected chi connectivity index (χ4v) is 3.46. The number of methoxy groups -OCH3 is 1. The molecule has 2 N–H and O–H groups in total. The standard InChI is InChI=1S/C26H27ClN2O4/c1-16(2)21-13-22(27)17(3)11-25(21)33-15-19-12-18(9-10-24(19)32-4)14-28-29-26(31)20-7-5-6-8-23(20)30/h5-14,16,30H,15H2,1-4H3,(H,29,31). The molecule has 0 fully saturated rings. The van der Waals surface area contributed by atoms with Crippen LogP contribution in [0.25, 0.3) is 0 Å². The zero-order chi connectivity index (χ0) is 24.0. The predicted octanol–water partition coefficient (Wildman–Crippen LogP) is 5.83. The van der Waals surface area contributed by atoms with Crippen molar-refractivity contribution in [3.05, 3.63) is 87.4 Å². The molecule has 33 heavy (non-hydrogen) atoms. The Morgan fingerprint density at radius 2 is 1.91 bits per heavy atom. The maximum atomic E-state index is 12.2. The molecule has 172 valence electrons. The zero-order valence-electron chi connectivity index (χ0n) is 19.1. The van der Waals surface area contributed by atoms with Crippen LogP contribution < -0.4 is 14.9 Å². The fourth-order valence-electron chi connectivity index (χ4n) is 3.29. The molecule has 0 saturated heterocycles. The first-order valence-corrected chi connectivity index (χ1v) is 10.9. The van der Waals surface area contributed by atoms with Crippen LogP contribution in [0.15, 0.2) is 59.7 Å². The Balaban J connectivity index is 1.75. The average Bonchev–Trinajstić information content (AvgIpc) is 2.79. The minimum atomic E-state index is -0.499. The second kappa shape index (κ2) is 10.9. The minimum absolute atomic E-state index is 0.104. The SMILES string of the molecule is COc1ccc(C=NNC(=O)c2ccccc2O)cc1COc1cc(C)c(Cl)cc1C(C)C. The molecule has 0 aromatic heterocycles. The van der Waals surface area contributed by atoms with Crippen molar-refractivity contribution in [3.8, 4) is 17.2 Å². The maximum absolute atomic E-state index is 12.2. The van der Waals surface area contributed by atoms with E-state index in [4.69, 9.17) is 21.1 Å². The Kier molecular flexibility index (Phi) is 7.96. The summed E-state index contributed by atoms with van der Waals surface area (Å²) in [5, 5.41) is 14.5. The monoisotopic (exact) mass is 466 g/mol. The molecule has 1 amide bonds. The van der Waals surface area contributed by atoms with Crippen molar-refractivity contribution < 1.29 is 19.4 Å². The molecule has 0 atom stereocenters. The molecule has 3 aromatic carbocycles. The summed E-state index contributed by atoms with van der Waals surface area (Å²) in [6.07, 6.45) is 1.52. The van der Waals surface area contributed by atoms with Crippen molar-refractivity contribution in [2.24, 2.45) is 5.10 Å². The van der Waals surface area contributed by atoms with Crippen molar-refractivity contribution >= 4 is 23.7 Å². The highest BCUT2D eigenvalue weighted by Gasteiger charge is 2.13. The van der Waals surface area contributed by atoms with Crippen molar-refractivity contribution in [1.82, 2.24) is 5.43 Å². The lowest BCUT2D eigenvalue weighted by Crippen LogP contribution is -2.17. The Labute approximate surface area is 198 Å². The lowest BCUT2D eigenvalue weighted by molar-refractivity contribution is 0.0952. The molecule has 0 heterocycles. The molecule has 0 radical (unpaired) electrons. The number of hydrogen-bond donors (Lipinski definition) is 2. The van der Waals surface area contributed by atoms with Crippen molar-refractivity contribution in [1.29, 1.82) is 0 Å². The summed E-state index contributed by atoms with van der Waals surface area (Å²) in [5.41, 5.74) is 6.14. The number of phenols is 1. The van der Waals surface area contributed by atoms with Gasteiger partial charge < -0.3 is 14.6 Å². The van der Waals surface area contributed by atoms with E-state index in [1.54, 1.807) is 19.2 Å². The van der Waals surface area contributed by atoms with Gasteiger partial charge in [-0.1, -0.05) is 37.6 Å². The first-order valence-electron chi connectivity index (χ1n) is 10.5. The first-order chi connectivity index (χ1) is 15.8. The van der Waals surface area contributed by atoms with E-state index in [-0.39, 0.29) is 23.8 Å². The Hall–Kier alpha value is -3.51. The van der Waals surface area contributed by atoms with Gasteiger partial charge in [0.05, 0.1) is 18.9 Å². The van der Waals surface area contributed by atoms with Crippen LogP contribution in [0.2, 0.25) is 5.02 Å². The van der Waals surface area contributed by atoms with E-state index in [2.05, 4.69) is 24.4 Å². The number of phenolic OH excluding ortho intramolecular Hbond substituents is 1. The van der Waals surface area contributed by atoms with Gasteiger partial charge in [-0.05, 0) is 72.0 Å². The smallest absolute Gasteiger partial charge is 0.275 e. The van der Waals surface area contributed by atoms with Gasteiger partial charge in [0.15, 0.2) is 0 Å². The molecule has 3 rings (SSSR count). The number of carbonyl (C=O) groups excluding carboxylic acids is 1. The molecule has 3 aromatic rings. The largest absolute Gasteiger partial charge is 0.507 e. The van der Waals surface area contributed by atoms with Gasteiger partial charge in [-0.15, -0.1) is 0 Å². The van der Waals surface area contributed by atoms with Gasteiger partial charge in [0.25, 0.3) is 5.91 Å². The van der Waals surface area contributed by atoms with Crippen LogP contribution in [0, 0.1) is 6.92 Å². The van der Waals surface area contributed by atoms with E-state index in [1.165, 1.54) is 18.3 Å². The predicted molar refractivity (Wildman–Crippen MR) is 131 cm³/mol. The van der Waals surface area contributed by atoms with Gasteiger partial charge in [-0.3, -0.25) is 4.79 Å². The summed E-state index contributed by atoms with van der Waals surface area (Å²) < 4.78 is 11.6. The van der Waals surface area contributed by atoms with Crippen LogP contribution in [-0.4, -0.2) is 24.3 Å². The Bertz CT molecular complexity index is 1170. The number of amides is 1. The molecular formula is C26H27ClN2O4. The first kappa shape index (κ1) is 24.1. The van der Waals surface area contributed by atoms with Crippen molar-refractivity contribution in [2.75, 3.05) is 7.11 Å². The van der Waals surface area contributed by atoms with Crippen LogP contribution in [0.5, 0.6) is 17.2 Å². The lowest BCUT2D eigenvalue weighted by atomic mass is 10.0. The molecule has 0 aliphatic rings. The van der Waals surface area contributed by atoms with Crippen LogP contribution >= 0.6 is 11.6 Å². The Morgan fingerprint density at radius 3 is 2.61 bits per heavy atom. The summed E-state index contributed by atoms with van der Waals surface area (Å²) in [7, 11) is 1.60. The number of nitrogens with zero attached hydrogens (tertiary/aromatic N) is 1. The zero-order valence-corrected chi connectivity index (χ0v) is 19.8.